The molecule has 0 aromatic carbocycles. The molecule has 0 aliphatic rings. The van der Waals surface area contributed by atoms with Gasteiger partial charge in [0.05, 0.1) is 18.6 Å². The molecule has 0 spiro atoms. The molecule has 2 atom stereocenters. The molecule has 6 heteroatoms. The molecule has 0 fully saturated rings. The second kappa shape index (κ2) is 9.53. The summed E-state index contributed by atoms with van der Waals surface area (Å²) in [4.78, 5) is 20.2. The Balaban J connectivity index is 3.91. The highest BCUT2D eigenvalue weighted by atomic mass is 16.6. The maximum atomic E-state index is 10.7. The van der Waals surface area contributed by atoms with Crippen LogP contribution >= 0.6 is 0 Å². The van der Waals surface area contributed by atoms with Gasteiger partial charge in [-0.25, -0.2) is 11.8 Å². The smallest absolute Gasteiger partial charge is 0.220 e. The van der Waals surface area contributed by atoms with Crippen molar-refractivity contribution in [2.75, 3.05) is 0 Å². The molecule has 0 saturated heterocycles. The molecule has 0 aromatic heterocycles. The summed E-state index contributed by atoms with van der Waals surface area (Å²) < 4.78 is 0. The van der Waals surface area contributed by atoms with E-state index in [2.05, 4.69) is 11.8 Å². The van der Waals surface area contributed by atoms with Gasteiger partial charge in [-0.05, 0) is 6.42 Å². The van der Waals surface area contributed by atoms with Crippen molar-refractivity contribution in [3.8, 4) is 0 Å². The van der Waals surface area contributed by atoms with Crippen molar-refractivity contribution in [2.24, 2.45) is 17.5 Å². The van der Waals surface area contributed by atoms with Gasteiger partial charge in [-0.2, -0.15) is 0 Å². The fraction of sp³-hybridized carbons (Fsp3) is 0.900. The lowest BCUT2D eigenvalue weighted by molar-refractivity contribution is -0.122. The van der Waals surface area contributed by atoms with Crippen molar-refractivity contribution >= 4 is 5.91 Å². The standard InChI is InChI=1S/C10H23N3O3/c1-2-3-4-5-8(15-12)6-9(16-13)7-10(11)14/h8-9H,2-7,12-13H2,1H3,(H2,11,14). The highest BCUT2D eigenvalue weighted by Gasteiger charge is 2.18. The topological polar surface area (TPSA) is 114 Å². The average molecular weight is 233 g/mol. The Bertz CT molecular complexity index is 190. The van der Waals surface area contributed by atoms with E-state index in [0.29, 0.717) is 6.42 Å². The van der Waals surface area contributed by atoms with Crippen molar-refractivity contribution in [1.29, 1.82) is 0 Å². The molecule has 6 nitrogen and oxygen atoms in total. The number of hydrogen-bond donors (Lipinski definition) is 3. The van der Waals surface area contributed by atoms with Crippen LogP contribution in [0.1, 0.15) is 45.4 Å². The largest absolute Gasteiger partial charge is 0.370 e. The summed E-state index contributed by atoms with van der Waals surface area (Å²) in [6.07, 6.45) is 4.14. The van der Waals surface area contributed by atoms with Gasteiger partial charge in [0.25, 0.3) is 0 Å². The van der Waals surface area contributed by atoms with E-state index < -0.39 is 12.0 Å². The number of carbonyl (C=O) groups excluding carboxylic acids is 1. The first kappa shape index (κ1) is 15.3. The molecule has 96 valence electrons. The monoisotopic (exact) mass is 233 g/mol. The second-order valence-electron chi connectivity index (χ2n) is 3.92. The Morgan fingerprint density at radius 2 is 1.81 bits per heavy atom. The molecule has 6 N–H and O–H groups in total. The van der Waals surface area contributed by atoms with E-state index in [0.717, 1.165) is 25.7 Å². The normalized spacial score (nSPS) is 14.7. The van der Waals surface area contributed by atoms with Gasteiger partial charge in [-0.3, -0.25) is 4.79 Å². The van der Waals surface area contributed by atoms with Crippen molar-refractivity contribution in [1.82, 2.24) is 0 Å². The molecule has 0 rings (SSSR count). The van der Waals surface area contributed by atoms with Crippen molar-refractivity contribution < 1.29 is 14.5 Å². The summed E-state index contributed by atoms with van der Waals surface area (Å²) in [5.74, 6) is 9.81. The van der Waals surface area contributed by atoms with Crippen LogP contribution in [0, 0.1) is 0 Å². The van der Waals surface area contributed by atoms with Crippen LogP contribution in [-0.4, -0.2) is 18.1 Å². The number of amides is 1. The Labute approximate surface area is 96.3 Å². The van der Waals surface area contributed by atoms with E-state index in [1.807, 2.05) is 0 Å². The Morgan fingerprint density at radius 3 is 2.25 bits per heavy atom. The zero-order valence-corrected chi connectivity index (χ0v) is 9.85. The van der Waals surface area contributed by atoms with E-state index in [1.54, 1.807) is 0 Å². The molecule has 0 aliphatic heterocycles. The third-order valence-electron chi connectivity index (χ3n) is 2.47. The third-order valence-corrected chi connectivity index (χ3v) is 2.47. The highest BCUT2D eigenvalue weighted by molar-refractivity contribution is 5.74. The molecule has 0 radical (unpaired) electrons. The molecule has 0 aliphatic carbocycles. The first-order valence-corrected chi connectivity index (χ1v) is 5.63. The molecule has 16 heavy (non-hydrogen) atoms. The van der Waals surface area contributed by atoms with E-state index in [-0.39, 0.29) is 12.5 Å². The van der Waals surface area contributed by atoms with E-state index in [9.17, 15) is 4.79 Å². The third kappa shape index (κ3) is 7.58. The van der Waals surface area contributed by atoms with Crippen LogP contribution in [0.2, 0.25) is 0 Å². The Kier molecular flexibility index (Phi) is 9.12. The van der Waals surface area contributed by atoms with Crippen molar-refractivity contribution in [3.63, 3.8) is 0 Å². The SMILES string of the molecule is CCCCCC(CC(CC(N)=O)ON)ON. The minimum absolute atomic E-state index is 0.0874. The molecule has 0 heterocycles. The van der Waals surface area contributed by atoms with Crippen molar-refractivity contribution in [2.45, 2.75) is 57.7 Å². The van der Waals surface area contributed by atoms with Gasteiger partial charge in [0, 0.05) is 6.42 Å². The molecule has 1 amide bonds. The molecule has 0 aromatic rings. The van der Waals surface area contributed by atoms with Crippen LogP contribution in [0.25, 0.3) is 0 Å². The number of primary amides is 1. The molecular weight excluding hydrogens is 210 g/mol. The number of unbranched alkanes of at least 4 members (excludes halogenated alkanes) is 2. The quantitative estimate of drug-likeness (QED) is 0.372. The van der Waals surface area contributed by atoms with Gasteiger partial charge in [0.2, 0.25) is 5.91 Å². The summed E-state index contributed by atoms with van der Waals surface area (Å²) >= 11 is 0. The maximum Gasteiger partial charge on any atom is 0.220 e. The van der Waals surface area contributed by atoms with E-state index >= 15 is 0 Å². The Morgan fingerprint density at radius 1 is 1.19 bits per heavy atom. The van der Waals surface area contributed by atoms with Crippen LogP contribution in [0.5, 0.6) is 0 Å². The molecule has 0 saturated carbocycles. The highest BCUT2D eigenvalue weighted by Crippen LogP contribution is 2.13. The van der Waals surface area contributed by atoms with E-state index in [4.69, 9.17) is 22.4 Å². The summed E-state index contributed by atoms with van der Waals surface area (Å²) in [5, 5.41) is 0. The van der Waals surface area contributed by atoms with E-state index in [1.165, 1.54) is 0 Å². The summed E-state index contributed by atoms with van der Waals surface area (Å²) in [7, 11) is 0. The first-order valence-electron chi connectivity index (χ1n) is 5.63. The van der Waals surface area contributed by atoms with Gasteiger partial charge in [0.15, 0.2) is 0 Å². The van der Waals surface area contributed by atoms with Gasteiger partial charge in [-0.15, -0.1) is 0 Å². The van der Waals surface area contributed by atoms with Gasteiger partial charge < -0.3 is 15.4 Å². The predicted octanol–water partition coefficient (Wildman–Crippen LogP) is 0.350. The van der Waals surface area contributed by atoms with Gasteiger partial charge in [0.1, 0.15) is 0 Å². The second-order valence-corrected chi connectivity index (χ2v) is 3.92. The van der Waals surface area contributed by atoms with Crippen LogP contribution in [0.4, 0.5) is 0 Å². The minimum Gasteiger partial charge on any atom is -0.370 e. The lowest BCUT2D eigenvalue weighted by atomic mass is 10.0. The molecular formula is C10H23N3O3. The lowest BCUT2D eigenvalue weighted by Gasteiger charge is -2.19. The summed E-state index contributed by atoms with van der Waals surface area (Å²) in [5.41, 5.74) is 5.06. The van der Waals surface area contributed by atoms with Crippen LogP contribution < -0.4 is 17.5 Å². The predicted molar refractivity (Wildman–Crippen MR) is 60.7 cm³/mol. The first-order chi connectivity index (χ1) is 7.63. The zero-order valence-electron chi connectivity index (χ0n) is 9.85. The maximum absolute atomic E-state index is 10.7. The molecule has 2 unspecified atom stereocenters. The Hall–Kier alpha value is -0.690. The zero-order chi connectivity index (χ0) is 12.4. The fourth-order valence-corrected chi connectivity index (χ4v) is 1.57. The van der Waals surface area contributed by atoms with Crippen LogP contribution in [0.15, 0.2) is 0 Å². The number of rotatable bonds is 10. The van der Waals surface area contributed by atoms with Gasteiger partial charge >= 0.3 is 0 Å². The number of hydrogen-bond acceptors (Lipinski definition) is 5. The van der Waals surface area contributed by atoms with Crippen LogP contribution in [-0.2, 0) is 14.5 Å². The summed E-state index contributed by atoms with van der Waals surface area (Å²) in [6.45, 7) is 2.12. The fourth-order valence-electron chi connectivity index (χ4n) is 1.57. The van der Waals surface area contributed by atoms with Crippen molar-refractivity contribution in [3.05, 3.63) is 0 Å². The van der Waals surface area contributed by atoms with Gasteiger partial charge in [-0.1, -0.05) is 26.2 Å². The average Bonchev–Trinajstić information content (AvgIpc) is 2.26. The molecule has 0 bridgehead atoms. The summed E-state index contributed by atoms with van der Waals surface area (Å²) in [6, 6.07) is 0. The lowest BCUT2D eigenvalue weighted by Crippen LogP contribution is -2.31. The number of carbonyl (C=O) groups is 1. The van der Waals surface area contributed by atoms with Crippen LogP contribution in [0.3, 0.4) is 0 Å². The minimum atomic E-state index is -0.445. The number of nitrogens with two attached hydrogens (primary N) is 3.